The fourth-order valence-electron chi connectivity index (χ4n) is 2.81. The summed E-state index contributed by atoms with van der Waals surface area (Å²) < 4.78 is 1.19. The second-order valence-corrected chi connectivity index (χ2v) is 5.93. The molecule has 0 amide bonds. The minimum absolute atomic E-state index is 0.501. The average Bonchev–Trinajstić information content (AvgIpc) is 3.17. The molecule has 1 unspecified atom stereocenters. The molecule has 20 heavy (non-hydrogen) atoms. The SMILES string of the molecule is c1ccc(C2CCN(c3ncnc4ccsc34)C2)nc1. The number of anilines is 1. The highest BCUT2D eigenvalue weighted by atomic mass is 32.1. The summed E-state index contributed by atoms with van der Waals surface area (Å²) in [4.78, 5) is 15.7. The lowest BCUT2D eigenvalue weighted by molar-refractivity contribution is 0.744. The van der Waals surface area contributed by atoms with Crippen LogP contribution in [-0.2, 0) is 0 Å². The Kier molecular flexibility index (Phi) is 2.85. The Hall–Kier alpha value is -2.01. The molecule has 4 rings (SSSR count). The van der Waals surface area contributed by atoms with Gasteiger partial charge in [0.2, 0.25) is 0 Å². The van der Waals surface area contributed by atoms with Gasteiger partial charge in [-0.25, -0.2) is 9.97 Å². The maximum atomic E-state index is 4.49. The molecular formula is C15H14N4S. The van der Waals surface area contributed by atoms with Crippen molar-refractivity contribution in [2.24, 2.45) is 0 Å². The van der Waals surface area contributed by atoms with Crippen molar-refractivity contribution < 1.29 is 0 Å². The zero-order valence-electron chi connectivity index (χ0n) is 10.9. The van der Waals surface area contributed by atoms with Gasteiger partial charge in [-0.3, -0.25) is 4.98 Å². The molecule has 0 bridgehead atoms. The summed E-state index contributed by atoms with van der Waals surface area (Å²) in [5.41, 5.74) is 2.23. The lowest BCUT2D eigenvalue weighted by Crippen LogP contribution is -2.20. The van der Waals surface area contributed by atoms with Gasteiger partial charge < -0.3 is 4.90 Å². The maximum Gasteiger partial charge on any atom is 0.150 e. The van der Waals surface area contributed by atoms with Gasteiger partial charge in [-0.1, -0.05) is 6.07 Å². The zero-order chi connectivity index (χ0) is 13.4. The fraction of sp³-hybridized carbons (Fsp3) is 0.267. The van der Waals surface area contributed by atoms with Crippen molar-refractivity contribution in [3.63, 3.8) is 0 Å². The van der Waals surface area contributed by atoms with Gasteiger partial charge in [-0.15, -0.1) is 11.3 Å². The van der Waals surface area contributed by atoms with E-state index in [-0.39, 0.29) is 0 Å². The summed E-state index contributed by atoms with van der Waals surface area (Å²) in [6.07, 6.45) is 4.67. The lowest BCUT2D eigenvalue weighted by Gasteiger charge is -2.17. The first kappa shape index (κ1) is 11.8. The largest absolute Gasteiger partial charge is 0.355 e. The molecule has 0 aromatic carbocycles. The minimum atomic E-state index is 0.501. The number of fused-ring (bicyclic) bond motifs is 1. The van der Waals surface area contributed by atoms with Crippen LogP contribution in [-0.4, -0.2) is 28.0 Å². The van der Waals surface area contributed by atoms with Crippen LogP contribution in [0.15, 0.2) is 42.2 Å². The van der Waals surface area contributed by atoms with E-state index in [0.717, 1.165) is 30.8 Å². The van der Waals surface area contributed by atoms with E-state index < -0.39 is 0 Å². The van der Waals surface area contributed by atoms with Crippen LogP contribution in [0.4, 0.5) is 5.82 Å². The van der Waals surface area contributed by atoms with Crippen molar-refractivity contribution in [1.29, 1.82) is 0 Å². The molecule has 1 fully saturated rings. The van der Waals surface area contributed by atoms with Gasteiger partial charge in [0.1, 0.15) is 12.1 Å². The van der Waals surface area contributed by atoms with Crippen LogP contribution in [0.2, 0.25) is 0 Å². The molecule has 4 heterocycles. The number of aromatic nitrogens is 3. The van der Waals surface area contributed by atoms with Gasteiger partial charge in [0.25, 0.3) is 0 Å². The highest BCUT2D eigenvalue weighted by molar-refractivity contribution is 7.17. The summed E-state index contributed by atoms with van der Waals surface area (Å²) in [6, 6.07) is 8.20. The number of pyridine rings is 1. The Balaban J connectivity index is 1.64. The molecule has 100 valence electrons. The van der Waals surface area contributed by atoms with Gasteiger partial charge in [-0.05, 0) is 30.0 Å². The molecule has 3 aromatic heterocycles. The summed E-state index contributed by atoms with van der Waals surface area (Å²) in [7, 11) is 0. The Morgan fingerprint density at radius 1 is 1.15 bits per heavy atom. The molecule has 1 saturated heterocycles. The lowest BCUT2D eigenvalue weighted by atomic mass is 10.0. The number of hydrogen-bond acceptors (Lipinski definition) is 5. The molecular weight excluding hydrogens is 268 g/mol. The van der Waals surface area contributed by atoms with E-state index in [1.54, 1.807) is 17.7 Å². The fourth-order valence-corrected chi connectivity index (χ4v) is 3.67. The Morgan fingerprint density at radius 2 is 2.15 bits per heavy atom. The Morgan fingerprint density at radius 3 is 3.05 bits per heavy atom. The monoisotopic (exact) mass is 282 g/mol. The van der Waals surface area contributed by atoms with E-state index in [0.29, 0.717) is 5.92 Å². The average molecular weight is 282 g/mol. The van der Waals surface area contributed by atoms with Crippen molar-refractivity contribution in [2.45, 2.75) is 12.3 Å². The summed E-state index contributed by atoms with van der Waals surface area (Å²) in [6.45, 7) is 2.02. The van der Waals surface area contributed by atoms with Crippen LogP contribution in [0.3, 0.4) is 0 Å². The molecule has 1 aliphatic heterocycles. The Labute approximate surface area is 121 Å². The normalized spacial score (nSPS) is 18.8. The standard InChI is InChI=1S/C15H14N4S/c1-2-6-16-12(3-1)11-4-7-19(9-11)15-14-13(5-8-20-14)17-10-18-15/h1-3,5-6,8,10-11H,4,7,9H2. The predicted octanol–water partition coefficient (Wildman–Crippen LogP) is 3.08. The summed E-state index contributed by atoms with van der Waals surface area (Å²) in [5.74, 6) is 1.57. The van der Waals surface area contributed by atoms with E-state index in [4.69, 9.17) is 0 Å². The van der Waals surface area contributed by atoms with Crippen LogP contribution >= 0.6 is 11.3 Å². The first-order chi connectivity index (χ1) is 9.92. The van der Waals surface area contributed by atoms with Gasteiger partial charge in [0.15, 0.2) is 0 Å². The van der Waals surface area contributed by atoms with Crippen LogP contribution in [0, 0.1) is 0 Å². The van der Waals surface area contributed by atoms with Crippen molar-refractivity contribution in [1.82, 2.24) is 15.0 Å². The molecule has 0 radical (unpaired) electrons. The highest BCUT2D eigenvalue weighted by Crippen LogP contribution is 2.33. The van der Waals surface area contributed by atoms with E-state index in [1.165, 1.54) is 10.4 Å². The van der Waals surface area contributed by atoms with E-state index in [9.17, 15) is 0 Å². The molecule has 0 N–H and O–H groups in total. The van der Waals surface area contributed by atoms with Crippen molar-refractivity contribution in [3.8, 4) is 0 Å². The van der Waals surface area contributed by atoms with Crippen LogP contribution in [0.1, 0.15) is 18.0 Å². The highest BCUT2D eigenvalue weighted by Gasteiger charge is 2.26. The van der Waals surface area contributed by atoms with Crippen molar-refractivity contribution >= 4 is 27.4 Å². The number of thiophene rings is 1. The predicted molar refractivity (Wildman–Crippen MR) is 81.2 cm³/mol. The summed E-state index contributed by atoms with van der Waals surface area (Å²) >= 11 is 1.72. The zero-order valence-corrected chi connectivity index (χ0v) is 11.8. The first-order valence-corrected chi connectivity index (χ1v) is 7.64. The summed E-state index contributed by atoms with van der Waals surface area (Å²) in [5, 5.41) is 2.08. The molecule has 1 aliphatic rings. The maximum absolute atomic E-state index is 4.49. The smallest absolute Gasteiger partial charge is 0.150 e. The molecule has 0 aliphatic carbocycles. The van der Waals surface area contributed by atoms with Crippen LogP contribution < -0.4 is 4.90 Å². The molecule has 4 nitrogen and oxygen atoms in total. The number of rotatable bonds is 2. The van der Waals surface area contributed by atoms with E-state index in [1.807, 2.05) is 12.3 Å². The third-order valence-corrected chi connectivity index (χ3v) is 4.72. The van der Waals surface area contributed by atoms with E-state index >= 15 is 0 Å². The number of hydrogen-bond donors (Lipinski definition) is 0. The first-order valence-electron chi connectivity index (χ1n) is 6.76. The topological polar surface area (TPSA) is 41.9 Å². The van der Waals surface area contributed by atoms with Gasteiger partial charge >= 0.3 is 0 Å². The van der Waals surface area contributed by atoms with Crippen molar-refractivity contribution in [3.05, 3.63) is 47.9 Å². The third-order valence-electron chi connectivity index (χ3n) is 3.82. The van der Waals surface area contributed by atoms with Crippen molar-refractivity contribution in [2.75, 3.05) is 18.0 Å². The van der Waals surface area contributed by atoms with Crippen LogP contribution in [0.25, 0.3) is 10.2 Å². The van der Waals surface area contributed by atoms with Gasteiger partial charge in [0, 0.05) is 30.9 Å². The molecule has 5 heteroatoms. The van der Waals surface area contributed by atoms with Crippen LogP contribution in [0.5, 0.6) is 0 Å². The second-order valence-electron chi connectivity index (χ2n) is 5.02. The number of nitrogens with zero attached hydrogens (tertiary/aromatic N) is 4. The van der Waals surface area contributed by atoms with E-state index in [2.05, 4.69) is 43.4 Å². The second kappa shape index (κ2) is 4.83. The molecule has 0 saturated carbocycles. The van der Waals surface area contributed by atoms with Gasteiger partial charge in [0.05, 0.1) is 10.2 Å². The molecule has 3 aromatic rings. The molecule has 1 atom stereocenters. The Bertz CT molecular complexity index is 725. The minimum Gasteiger partial charge on any atom is -0.355 e. The quantitative estimate of drug-likeness (QED) is 0.724. The van der Waals surface area contributed by atoms with Gasteiger partial charge in [-0.2, -0.15) is 0 Å². The molecule has 0 spiro atoms. The third kappa shape index (κ3) is 1.94.